The van der Waals surface area contributed by atoms with E-state index in [4.69, 9.17) is 5.11 Å². The van der Waals surface area contributed by atoms with E-state index in [0.717, 1.165) is 0 Å². The lowest BCUT2D eigenvalue weighted by molar-refractivity contribution is -0.385. The first-order valence-electron chi connectivity index (χ1n) is 5.13. The van der Waals surface area contributed by atoms with Crippen LogP contribution in [0.15, 0.2) is 18.2 Å². The number of carbonyl (C=O) groups is 2. The number of hydrogen-bond acceptors (Lipinski definition) is 4. The smallest absolute Gasteiger partial charge is 0.322 e. The number of hydrogen-bond donors (Lipinski definition) is 2. The maximum atomic E-state index is 11.4. The Morgan fingerprint density at radius 2 is 2.11 bits per heavy atom. The Kier molecular flexibility index (Phi) is 4.36. The SMILES string of the molecule is Cc1c(CC(=O)NCC(=O)O)cccc1[N+](=O)[O-]. The molecule has 0 saturated heterocycles. The summed E-state index contributed by atoms with van der Waals surface area (Å²) in [6.45, 7) is 1.09. The molecule has 1 amide bonds. The molecule has 18 heavy (non-hydrogen) atoms. The maximum absolute atomic E-state index is 11.4. The Hall–Kier alpha value is -2.44. The highest BCUT2D eigenvalue weighted by atomic mass is 16.6. The standard InChI is InChI=1S/C11H12N2O5/c1-7-8(3-2-4-9(7)13(17)18)5-10(14)12-6-11(15)16/h2-4H,5-6H2,1H3,(H,12,14)(H,15,16). The van der Waals surface area contributed by atoms with Crippen LogP contribution >= 0.6 is 0 Å². The Morgan fingerprint density at radius 3 is 2.67 bits per heavy atom. The van der Waals surface area contributed by atoms with Gasteiger partial charge in [-0.05, 0) is 12.5 Å². The fourth-order valence-corrected chi connectivity index (χ4v) is 1.47. The van der Waals surface area contributed by atoms with Crippen LogP contribution in [0.4, 0.5) is 5.69 Å². The second-order valence-corrected chi connectivity index (χ2v) is 3.67. The molecule has 96 valence electrons. The third-order valence-electron chi connectivity index (χ3n) is 2.40. The third-order valence-corrected chi connectivity index (χ3v) is 2.40. The second kappa shape index (κ2) is 5.76. The summed E-state index contributed by atoms with van der Waals surface area (Å²) in [5.74, 6) is -1.62. The van der Waals surface area contributed by atoms with Crippen molar-refractivity contribution in [2.75, 3.05) is 6.54 Å². The van der Waals surface area contributed by atoms with E-state index in [1.54, 1.807) is 13.0 Å². The zero-order valence-electron chi connectivity index (χ0n) is 9.67. The van der Waals surface area contributed by atoms with Gasteiger partial charge in [0.1, 0.15) is 6.54 Å². The van der Waals surface area contributed by atoms with E-state index < -0.39 is 23.3 Å². The molecular formula is C11H12N2O5. The molecule has 7 heteroatoms. The van der Waals surface area contributed by atoms with Gasteiger partial charge in [0, 0.05) is 11.6 Å². The van der Waals surface area contributed by atoms with E-state index in [1.165, 1.54) is 12.1 Å². The van der Waals surface area contributed by atoms with E-state index in [-0.39, 0.29) is 12.1 Å². The molecule has 0 spiro atoms. The molecule has 0 aliphatic carbocycles. The first-order valence-corrected chi connectivity index (χ1v) is 5.13. The molecule has 0 saturated carbocycles. The largest absolute Gasteiger partial charge is 0.480 e. The van der Waals surface area contributed by atoms with Gasteiger partial charge in [-0.2, -0.15) is 0 Å². The second-order valence-electron chi connectivity index (χ2n) is 3.67. The van der Waals surface area contributed by atoms with Gasteiger partial charge < -0.3 is 10.4 Å². The molecule has 7 nitrogen and oxygen atoms in total. The quantitative estimate of drug-likeness (QED) is 0.590. The van der Waals surface area contributed by atoms with E-state index >= 15 is 0 Å². The monoisotopic (exact) mass is 252 g/mol. The van der Waals surface area contributed by atoms with Crippen LogP contribution in [-0.4, -0.2) is 28.5 Å². The molecule has 1 rings (SSSR count). The normalized spacial score (nSPS) is 9.83. The number of benzene rings is 1. The van der Waals surface area contributed by atoms with Gasteiger partial charge in [0.2, 0.25) is 5.91 Å². The van der Waals surface area contributed by atoms with Crippen molar-refractivity contribution in [3.8, 4) is 0 Å². The minimum atomic E-state index is -1.14. The molecule has 0 heterocycles. The van der Waals surface area contributed by atoms with Crippen LogP contribution in [0.25, 0.3) is 0 Å². The number of amides is 1. The number of nitrogens with one attached hydrogen (secondary N) is 1. The molecule has 1 aromatic rings. The zero-order chi connectivity index (χ0) is 13.7. The van der Waals surface area contributed by atoms with Crippen molar-refractivity contribution >= 4 is 17.6 Å². The van der Waals surface area contributed by atoms with Crippen LogP contribution in [0.1, 0.15) is 11.1 Å². The van der Waals surface area contributed by atoms with Gasteiger partial charge in [0.25, 0.3) is 5.69 Å². The van der Waals surface area contributed by atoms with Crippen molar-refractivity contribution < 1.29 is 19.6 Å². The molecule has 0 bridgehead atoms. The minimum absolute atomic E-state index is 0.0569. The minimum Gasteiger partial charge on any atom is -0.480 e. The van der Waals surface area contributed by atoms with Gasteiger partial charge in [-0.15, -0.1) is 0 Å². The average molecular weight is 252 g/mol. The Balaban J connectivity index is 2.79. The van der Waals surface area contributed by atoms with Gasteiger partial charge >= 0.3 is 5.97 Å². The van der Waals surface area contributed by atoms with Crippen molar-refractivity contribution in [1.82, 2.24) is 5.32 Å². The van der Waals surface area contributed by atoms with E-state index in [0.29, 0.717) is 11.1 Å². The lowest BCUT2D eigenvalue weighted by Gasteiger charge is -2.06. The van der Waals surface area contributed by atoms with Crippen LogP contribution < -0.4 is 5.32 Å². The molecular weight excluding hydrogens is 240 g/mol. The number of nitro benzene ring substituents is 1. The number of carboxylic acid groups (broad SMARTS) is 1. The van der Waals surface area contributed by atoms with Crippen LogP contribution in [-0.2, 0) is 16.0 Å². The number of rotatable bonds is 5. The molecule has 0 atom stereocenters. The van der Waals surface area contributed by atoms with Gasteiger partial charge in [-0.3, -0.25) is 19.7 Å². The Labute approximate surface area is 103 Å². The van der Waals surface area contributed by atoms with E-state index in [1.807, 2.05) is 0 Å². The molecule has 0 aromatic heterocycles. The number of nitrogens with zero attached hydrogens (tertiary/aromatic N) is 1. The summed E-state index contributed by atoms with van der Waals surface area (Å²) < 4.78 is 0. The lowest BCUT2D eigenvalue weighted by Crippen LogP contribution is -2.30. The zero-order valence-corrected chi connectivity index (χ0v) is 9.67. The number of nitro groups is 1. The van der Waals surface area contributed by atoms with Crippen molar-refractivity contribution in [2.45, 2.75) is 13.3 Å². The highest BCUT2D eigenvalue weighted by Crippen LogP contribution is 2.21. The maximum Gasteiger partial charge on any atom is 0.322 e. The van der Waals surface area contributed by atoms with Crippen molar-refractivity contribution in [1.29, 1.82) is 0 Å². The first-order chi connectivity index (χ1) is 8.41. The molecule has 0 aliphatic heterocycles. The van der Waals surface area contributed by atoms with Crippen molar-refractivity contribution in [2.24, 2.45) is 0 Å². The number of aliphatic carboxylic acids is 1. The highest BCUT2D eigenvalue weighted by Gasteiger charge is 2.15. The molecule has 0 unspecified atom stereocenters. The van der Waals surface area contributed by atoms with Crippen molar-refractivity contribution in [3.05, 3.63) is 39.4 Å². The fraction of sp³-hybridized carbons (Fsp3) is 0.273. The summed E-state index contributed by atoms with van der Waals surface area (Å²) in [6, 6.07) is 4.45. The van der Waals surface area contributed by atoms with Crippen molar-refractivity contribution in [3.63, 3.8) is 0 Å². The van der Waals surface area contributed by atoms with Gasteiger partial charge in [-0.1, -0.05) is 12.1 Å². The fourth-order valence-electron chi connectivity index (χ4n) is 1.47. The molecule has 0 radical (unpaired) electrons. The average Bonchev–Trinajstić information content (AvgIpc) is 2.29. The van der Waals surface area contributed by atoms with Crippen LogP contribution in [0, 0.1) is 17.0 Å². The summed E-state index contributed by atoms with van der Waals surface area (Å²) in [4.78, 5) is 31.9. The lowest BCUT2D eigenvalue weighted by atomic mass is 10.0. The Bertz CT molecular complexity index is 498. The molecule has 0 aliphatic rings. The van der Waals surface area contributed by atoms with Crippen LogP contribution in [0.5, 0.6) is 0 Å². The predicted molar refractivity (Wildman–Crippen MR) is 62.2 cm³/mol. The summed E-state index contributed by atoms with van der Waals surface area (Å²) in [7, 11) is 0. The van der Waals surface area contributed by atoms with Gasteiger partial charge in [0.15, 0.2) is 0 Å². The van der Waals surface area contributed by atoms with E-state index in [9.17, 15) is 19.7 Å². The molecule has 1 aromatic carbocycles. The Morgan fingerprint density at radius 1 is 1.44 bits per heavy atom. The molecule has 2 N–H and O–H groups in total. The summed E-state index contributed by atoms with van der Waals surface area (Å²) in [6.07, 6.45) is -0.0825. The topological polar surface area (TPSA) is 110 Å². The highest BCUT2D eigenvalue weighted by molar-refractivity contribution is 5.83. The summed E-state index contributed by atoms with van der Waals surface area (Å²) in [5, 5.41) is 21.3. The number of carboxylic acids is 1. The summed E-state index contributed by atoms with van der Waals surface area (Å²) >= 11 is 0. The molecule has 0 fully saturated rings. The van der Waals surface area contributed by atoms with Gasteiger partial charge in [-0.25, -0.2) is 0 Å². The van der Waals surface area contributed by atoms with Gasteiger partial charge in [0.05, 0.1) is 11.3 Å². The first kappa shape index (κ1) is 13.6. The third kappa shape index (κ3) is 3.55. The predicted octanol–water partition coefficient (Wildman–Crippen LogP) is 0.647. The van der Waals surface area contributed by atoms with Crippen LogP contribution in [0.2, 0.25) is 0 Å². The number of carbonyl (C=O) groups excluding carboxylic acids is 1. The van der Waals surface area contributed by atoms with Crippen LogP contribution in [0.3, 0.4) is 0 Å². The summed E-state index contributed by atoms with van der Waals surface area (Å²) in [5.41, 5.74) is 0.860. The van der Waals surface area contributed by atoms with E-state index in [2.05, 4.69) is 5.32 Å².